The molecule has 5 heteroatoms. The number of amides is 1. The Morgan fingerprint density at radius 1 is 1.30 bits per heavy atom. The predicted octanol–water partition coefficient (Wildman–Crippen LogP) is 1.85. The fourth-order valence-electron chi connectivity index (χ4n) is 2.42. The molecule has 2 aromatic rings. The lowest BCUT2D eigenvalue weighted by Gasteiger charge is -2.23. The number of phenols is 1. The van der Waals surface area contributed by atoms with Crippen LogP contribution in [0.15, 0.2) is 30.5 Å². The predicted molar refractivity (Wildman–Crippen MR) is 74.7 cm³/mol. The van der Waals surface area contributed by atoms with E-state index in [9.17, 15) is 9.90 Å². The maximum atomic E-state index is 12.2. The van der Waals surface area contributed by atoms with Crippen LogP contribution in [0.1, 0.15) is 23.2 Å². The first-order valence-electron chi connectivity index (χ1n) is 6.71. The van der Waals surface area contributed by atoms with Crippen molar-refractivity contribution in [2.75, 3.05) is 13.2 Å². The van der Waals surface area contributed by atoms with Crippen molar-refractivity contribution < 1.29 is 14.6 Å². The van der Waals surface area contributed by atoms with Crippen molar-refractivity contribution in [3.8, 4) is 5.75 Å². The van der Waals surface area contributed by atoms with E-state index in [0.717, 1.165) is 18.2 Å². The Hall–Kier alpha value is -2.14. The zero-order valence-corrected chi connectivity index (χ0v) is 11.0. The van der Waals surface area contributed by atoms with E-state index in [4.69, 9.17) is 4.74 Å². The number of hydrogen-bond donors (Lipinski definition) is 2. The highest BCUT2D eigenvalue weighted by Crippen LogP contribution is 2.26. The summed E-state index contributed by atoms with van der Waals surface area (Å²) in [4.78, 5) is 16.4. The highest BCUT2D eigenvalue weighted by Gasteiger charge is 2.20. The van der Waals surface area contributed by atoms with Gasteiger partial charge in [0.2, 0.25) is 0 Å². The monoisotopic (exact) mass is 272 g/mol. The van der Waals surface area contributed by atoms with Crippen molar-refractivity contribution in [1.29, 1.82) is 0 Å². The molecule has 0 aliphatic carbocycles. The largest absolute Gasteiger partial charge is 0.505 e. The topological polar surface area (TPSA) is 71.5 Å². The third-order valence-corrected chi connectivity index (χ3v) is 3.55. The molecular weight excluding hydrogens is 256 g/mol. The molecule has 104 valence electrons. The molecule has 1 aliphatic heterocycles. The summed E-state index contributed by atoms with van der Waals surface area (Å²) in [6.45, 7) is 1.33. The molecular formula is C15H16N2O3. The second-order valence-electron chi connectivity index (χ2n) is 4.90. The maximum absolute atomic E-state index is 12.2. The molecule has 1 saturated heterocycles. The van der Waals surface area contributed by atoms with Gasteiger partial charge in [-0.1, -0.05) is 12.1 Å². The lowest BCUT2D eigenvalue weighted by molar-refractivity contribution is 0.0695. The Labute approximate surface area is 116 Å². The van der Waals surface area contributed by atoms with Crippen LogP contribution in [0.25, 0.3) is 10.9 Å². The first-order valence-corrected chi connectivity index (χ1v) is 6.71. The van der Waals surface area contributed by atoms with E-state index in [2.05, 4.69) is 10.3 Å². The molecule has 1 aromatic carbocycles. The second kappa shape index (κ2) is 5.46. The maximum Gasteiger partial charge on any atom is 0.255 e. The summed E-state index contributed by atoms with van der Waals surface area (Å²) < 4.78 is 5.26. The number of carbonyl (C=O) groups is 1. The molecule has 0 atom stereocenters. The van der Waals surface area contributed by atoms with E-state index in [1.165, 1.54) is 0 Å². The number of aromatic hydroxyl groups is 1. The summed E-state index contributed by atoms with van der Waals surface area (Å²) in [7, 11) is 0. The molecule has 1 amide bonds. The zero-order chi connectivity index (χ0) is 13.9. The molecule has 0 unspecified atom stereocenters. The molecule has 5 nitrogen and oxygen atoms in total. The van der Waals surface area contributed by atoms with Gasteiger partial charge in [0.25, 0.3) is 5.91 Å². The van der Waals surface area contributed by atoms with Crippen molar-refractivity contribution in [2.45, 2.75) is 18.9 Å². The minimum Gasteiger partial charge on any atom is -0.505 e. The summed E-state index contributed by atoms with van der Waals surface area (Å²) in [5, 5.41) is 13.9. The van der Waals surface area contributed by atoms with Gasteiger partial charge < -0.3 is 15.2 Å². The van der Waals surface area contributed by atoms with Gasteiger partial charge >= 0.3 is 0 Å². The van der Waals surface area contributed by atoms with E-state index in [1.54, 1.807) is 24.4 Å². The van der Waals surface area contributed by atoms with Crippen molar-refractivity contribution in [1.82, 2.24) is 10.3 Å². The smallest absolute Gasteiger partial charge is 0.255 e. The van der Waals surface area contributed by atoms with Gasteiger partial charge in [0, 0.05) is 30.8 Å². The number of carbonyl (C=O) groups excluding carboxylic acids is 1. The SMILES string of the molecule is O=C(NC1CCOCC1)c1ccc2cccnc2c1O. The van der Waals surface area contributed by atoms with Crippen molar-refractivity contribution in [2.24, 2.45) is 0 Å². The van der Waals surface area contributed by atoms with Gasteiger partial charge in [-0.15, -0.1) is 0 Å². The number of aromatic nitrogens is 1. The minimum absolute atomic E-state index is 0.0624. The number of phenolic OH excluding ortho intramolecular Hbond substituents is 1. The Balaban J connectivity index is 1.85. The second-order valence-corrected chi connectivity index (χ2v) is 4.90. The number of ether oxygens (including phenoxy) is 1. The first kappa shape index (κ1) is 12.9. The number of nitrogens with zero attached hydrogens (tertiary/aromatic N) is 1. The zero-order valence-electron chi connectivity index (χ0n) is 11.0. The summed E-state index contributed by atoms with van der Waals surface area (Å²) in [5.41, 5.74) is 0.717. The number of nitrogens with one attached hydrogen (secondary N) is 1. The van der Waals surface area contributed by atoms with E-state index < -0.39 is 0 Å². The fourth-order valence-corrected chi connectivity index (χ4v) is 2.42. The van der Waals surface area contributed by atoms with E-state index in [1.807, 2.05) is 6.07 Å². The lowest BCUT2D eigenvalue weighted by atomic mass is 10.1. The quantitative estimate of drug-likeness (QED) is 0.875. The van der Waals surface area contributed by atoms with Crippen molar-refractivity contribution in [3.05, 3.63) is 36.0 Å². The molecule has 0 saturated carbocycles. The number of pyridine rings is 1. The molecule has 2 N–H and O–H groups in total. The van der Waals surface area contributed by atoms with E-state index >= 15 is 0 Å². The van der Waals surface area contributed by atoms with Crippen LogP contribution in [0.3, 0.4) is 0 Å². The van der Waals surface area contributed by atoms with Crippen LogP contribution < -0.4 is 5.32 Å². The Morgan fingerprint density at radius 3 is 2.90 bits per heavy atom. The standard InChI is InChI=1S/C15H16N2O3/c18-14-12(4-3-10-2-1-7-16-13(10)14)15(19)17-11-5-8-20-9-6-11/h1-4,7,11,18H,5-6,8-9H2,(H,17,19). The van der Waals surface area contributed by atoms with Crippen LogP contribution in [0.4, 0.5) is 0 Å². The van der Waals surface area contributed by atoms with Gasteiger partial charge in [-0.2, -0.15) is 0 Å². The Kier molecular flexibility index (Phi) is 3.52. The first-order chi connectivity index (χ1) is 9.75. The number of fused-ring (bicyclic) bond motifs is 1. The summed E-state index contributed by atoms with van der Waals surface area (Å²) in [6.07, 6.45) is 3.21. The minimum atomic E-state index is -0.262. The highest BCUT2D eigenvalue weighted by molar-refractivity contribution is 6.02. The van der Waals surface area contributed by atoms with E-state index in [-0.39, 0.29) is 23.3 Å². The third-order valence-electron chi connectivity index (χ3n) is 3.55. The number of rotatable bonds is 2. The third kappa shape index (κ3) is 2.44. The average molecular weight is 272 g/mol. The Morgan fingerprint density at radius 2 is 2.10 bits per heavy atom. The molecule has 20 heavy (non-hydrogen) atoms. The van der Waals surface area contributed by atoms with Crippen molar-refractivity contribution >= 4 is 16.8 Å². The summed E-state index contributed by atoms with van der Waals surface area (Å²) >= 11 is 0. The molecule has 3 rings (SSSR count). The van der Waals surface area contributed by atoms with Crippen LogP contribution in [-0.2, 0) is 4.74 Å². The molecule has 2 heterocycles. The fraction of sp³-hybridized carbons (Fsp3) is 0.333. The van der Waals surface area contributed by atoms with Crippen LogP contribution in [0.5, 0.6) is 5.75 Å². The molecule has 1 fully saturated rings. The number of hydrogen-bond acceptors (Lipinski definition) is 4. The van der Waals surface area contributed by atoms with Crippen LogP contribution >= 0.6 is 0 Å². The summed E-state index contributed by atoms with van der Waals surface area (Å²) in [5.74, 6) is -0.324. The normalized spacial score (nSPS) is 16.2. The molecule has 0 spiro atoms. The van der Waals surface area contributed by atoms with Gasteiger partial charge in [-0.3, -0.25) is 9.78 Å². The lowest BCUT2D eigenvalue weighted by Crippen LogP contribution is -2.38. The van der Waals surface area contributed by atoms with Gasteiger partial charge in [0.1, 0.15) is 5.52 Å². The average Bonchev–Trinajstić information content (AvgIpc) is 2.49. The molecule has 1 aliphatic rings. The highest BCUT2D eigenvalue weighted by atomic mass is 16.5. The van der Waals surface area contributed by atoms with Crippen LogP contribution in [0, 0.1) is 0 Å². The van der Waals surface area contributed by atoms with Gasteiger partial charge in [-0.25, -0.2) is 0 Å². The van der Waals surface area contributed by atoms with Gasteiger partial charge in [-0.05, 0) is 25.0 Å². The molecule has 1 aromatic heterocycles. The van der Waals surface area contributed by atoms with Gasteiger partial charge in [0.15, 0.2) is 5.75 Å². The van der Waals surface area contributed by atoms with Gasteiger partial charge in [0.05, 0.1) is 5.56 Å². The number of benzene rings is 1. The summed E-state index contributed by atoms with van der Waals surface area (Å²) in [6, 6.07) is 7.18. The van der Waals surface area contributed by atoms with Crippen molar-refractivity contribution in [3.63, 3.8) is 0 Å². The van der Waals surface area contributed by atoms with Crippen LogP contribution in [0.2, 0.25) is 0 Å². The molecule has 0 radical (unpaired) electrons. The van der Waals surface area contributed by atoms with Crippen LogP contribution in [-0.4, -0.2) is 35.3 Å². The molecule has 0 bridgehead atoms. The van der Waals surface area contributed by atoms with E-state index in [0.29, 0.717) is 18.7 Å². The Bertz CT molecular complexity index is 636.